The van der Waals surface area contributed by atoms with Crippen LogP contribution in [0, 0.1) is 17.3 Å². The van der Waals surface area contributed by atoms with Gasteiger partial charge in [-0.25, -0.2) is 8.42 Å². The summed E-state index contributed by atoms with van der Waals surface area (Å²) in [5.74, 6) is -3.19. The highest BCUT2D eigenvalue weighted by Crippen LogP contribution is 2.63. The van der Waals surface area contributed by atoms with E-state index in [1.54, 1.807) is 0 Å². The van der Waals surface area contributed by atoms with Crippen molar-refractivity contribution in [3.63, 3.8) is 0 Å². The Morgan fingerprint density at radius 1 is 0.886 bits per heavy atom. The van der Waals surface area contributed by atoms with Crippen LogP contribution in [-0.2, 0) is 21.1 Å². The van der Waals surface area contributed by atoms with Gasteiger partial charge in [0.25, 0.3) is 0 Å². The second kappa shape index (κ2) is 12.7. The number of hydrogen-bond donors (Lipinski definition) is 0. The van der Waals surface area contributed by atoms with E-state index in [0.29, 0.717) is 55.2 Å². The summed E-state index contributed by atoms with van der Waals surface area (Å²) >= 11 is 0. The molecule has 44 heavy (non-hydrogen) atoms. The number of alkyl halides is 5. The average Bonchev–Trinajstić information content (AvgIpc) is 3.27. The number of fused-ring (bicyclic) bond motifs is 5. The van der Waals surface area contributed by atoms with E-state index in [9.17, 15) is 35.2 Å². The van der Waals surface area contributed by atoms with Crippen molar-refractivity contribution in [1.29, 1.82) is 0 Å². The van der Waals surface area contributed by atoms with Gasteiger partial charge in [0.2, 0.25) is 0 Å². The Balaban J connectivity index is 1.12. The Labute approximate surface area is 256 Å². The molecule has 0 unspecified atom stereocenters. The van der Waals surface area contributed by atoms with Gasteiger partial charge in [0.15, 0.2) is 0 Å². The van der Waals surface area contributed by atoms with Crippen LogP contribution in [-0.4, -0.2) is 44.4 Å². The van der Waals surface area contributed by atoms with Crippen molar-refractivity contribution in [2.24, 2.45) is 17.3 Å². The molecule has 2 saturated carbocycles. The van der Waals surface area contributed by atoms with Gasteiger partial charge in [-0.1, -0.05) is 43.3 Å². The average molecular weight is 641 g/mol. The van der Waals surface area contributed by atoms with E-state index in [1.807, 2.05) is 12.1 Å². The third-order valence-corrected chi connectivity index (χ3v) is 12.2. The van der Waals surface area contributed by atoms with Crippen molar-refractivity contribution >= 4 is 15.6 Å². The molecular formula is C34H41F5O4S. The monoisotopic (exact) mass is 640 g/mol. The SMILES string of the molecule is C[C@]12C[C@H](c3ccc(OCCCCCS(=O)(=O)CCCC(F)(F)C(F)(F)F)cc3)[C@@H]3c4ccccc4CC[C@H]3[C@@H]1CCC2=O. The summed E-state index contributed by atoms with van der Waals surface area (Å²) in [4.78, 5) is 13.1. The van der Waals surface area contributed by atoms with Gasteiger partial charge in [-0.05, 0) is 104 Å². The van der Waals surface area contributed by atoms with Gasteiger partial charge in [-0.3, -0.25) is 4.79 Å². The molecular weight excluding hydrogens is 599 g/mol. The Hall–Kier alpha value is -2.49. The van der Waals surface area contributed by atoms with Gasteiger partial charge in [-0.2, -0.15) is 22.0 Å². The molecule has 5 rings (SSSR count). The molecule has 10 heteroatoms. The van der Waals surface area contributed by atoms with Crippen LogP contribution in [0.2, 0.25) is 0 Å². The summed E-state index contributed by atoms with van der Waals surface area (Å²) in [6.45, 7) is 2.55. The van der Waals surface area contributed by atoms with Crippen LogP contribution in [0.4, 0.5) is 22.0 Å². The number of ketones is 1. The Bertz CT molecular complexity index is 1420. The lowest BCUT2D eigenvalue weighted by atomic mass is 9.51. The van der Waals surface area contributed by atoms with E-state index in [2.05, 4.69) is 43.3 Å². The first-order valence-electron chi connectivity index (χ1n) is 15.7. The normalized spacial score (nSPS) is 27.0. The molecule has 3 aliphatic rings. The summed E-state index contributed by atoms with van der Waals surface area (Å²) in [5.41, 5.74) is 3.77. The second-order valence-corrected chi connectivity index (χ2v) is 15.5. The lowest BCUT2D eigenvalue weighted by molar-refractivity contribution is -0.284. The number of Topliss-reactive ketones (excluding diaryl/α,β-unsaturated/α-hetero) is 1. The smallest absolute Gasteiger partial charge is 0.453 e. The minimum Gasteiger partial charge on any atom is -0.494 e. The van der Waals surface area contributed by atoms with Crippen molar-refractivity contribution in [3.8, 4) is 5.75 Å². The fraction of sp³-hybridized carbons (Fsp3) is 0.618. The third-order valence-electron chi connectivity index (χ3n) is 10.4. The van der Waals surface area contributed by atoms with Crippen molar-refractivity contribution in [3.05, 3.63) is 65.2 Å². The molecule has 2 aromatic rings. The highest BCUT2D eigenvalue weighted by molar-refractivity contribution is 7.91. The molecule has 0 aromatic heterocycles. The largest absolute Gasteiger partial charge is 0.494 e. The maximum Gasteiger partial charge on any atom is 0.453 e. The van der Waals surface area contributed by atoms with E-state index >= 15 is 0 Å². The van der Waals surface area contributed by atoms with Crippen molar-refractivity contribution < 1.29 is 39.9 Å². The van der Waals surface area contributed by atoms with Crippen LogP contribution in [0.5, 0.6) is 5.75 Å². The number of halogens is 5. The summed E-state index contributed by atoms with van der Waals surface area (Å²) in [6.07, 6.45) is -1.87. The minimum atomic E-state index is -5.67. The number of hydrogen-bond acceptors (Lipinski definition) is 4. The number of carbonyl (C=O) groups is 1. The van der Waals surface area contributed by atoms with Crippen LogP contribution >= 0.6 is 0 Å². The van der Waals surface area contributed by atoms with Crippen LogP contribution in [0.25, 0.3) is 0 Å². The molecule has 0 amide bonds. The number of carbonyl (C=O) groups excluding carboxylic acids is 1. The maximum atomic E-state index is 13.1. The summed E-state index contributed by atoms with van der Waals surface area (Å²) in [6, 6.07) is 16.8. The van der Waals surface area contributed by atoms with Gasteiger partial charge < -0.3 is 4.74 Å². The zero-order valence-corrected chi connectivity index (χ0v) is 25.9. The molecule has 3 aliphatic carbocycles. The number of sulfone groups is 1. The quantitative estimate of drug-likeness (QED) is 0.173. The molecule has 0 aliphatic heterocycles. The van der Waals surface area contributed by atoms with Crippen LogP contribution < -0.4 is 4.74 Å². The van der Waals surface area contributed by atoms with E-state index in [4.69, 9.17) is 4.74 Å². The van der Waals surface area contributed by atoms with E-state index < -0.39 is 40.5 Å². The highest BCUT2D eigenvalue weighted by atomic mass is 32.2. The lowest BCUT2D eigenvalue weighted by Crippen LogP contribution is -2.45. The summed E-state index contributed by atoms with van der Waals surface area (Å²) < 4.78 is 92.8. The molecule has 0 bridgehead atoms. The van der Waals surface area contributed by atoms with Crippen molar-refractivity contribution in [2.45, 2.75) is 95.1 Å². The fourth-order valence-corrected chi connectivity index (χ4v) is 9.54. The molecule has 0 spiro atoms. The molecule has 242 valence electrons. The second-order valence-electron chi connectivity index (χ2n) is 13.2. The number of aryl methyl sites for hydroxylation is 1. The van der Waals surface area contributed by atoms with Crippen molar-refractivity contribution in [2.75, 3.05) is 18.1 Å². The van der Waals surface area contributed by atoms with Crippen LogP contribution in [0.3, 0.4) is 0 Å². The standard InChI is InChI=1S/C34H41F5O4S/c1-32-22-28(31-26-9-4-3-8-23(26)12-15-27(31)29(32)16-17-30(32)40)24-10-13-25(14-11-24)43-19-5-2-6-20-44(41,42)21-7-18-33(35,36)34(37,38)39/h3-4,8-11,13-14,27-29,31H,2,5-7,12,15-22H2,1H3/t27-,28+,29-,31+,32-/m0/s1. The molecule has 0 heterocycles. The zero-order valence-electron chi connectivity index (χ0n) is 25.1. The van der Waals surface area contributed by atoms with Gasteiger partial charge in [0.1, 0.15) is 21.4 Å². The Kier molecular flexibility index (Phi) is 9.51. The zero-order chi connectivity index (χ0) is 31.8. The predicted octanol–water partition coefficient (Wildman–Crippen LogP) is 8.45. The molecule has 2 aromatic carbocycles. The molecule has 0 radical (unpaired) electrons. The van der Waals surface area contributed by atoms with Crippen molar-refractivity contribution in [1.82, 2.24) is 0 Å². The molecule has 5 atom stereocenters. The molecule has 0 saturated heterocycles. The number of unbranched alkanes of at least 4 members (excludes halogenated alkanes) is 2. The summed E-state index contributed by atoms with van der Waals surface area (Å²) in [7, 11) is -3.71. The van der Waals surface area contributed by atoms with Gasteiger partial charge in [0.05, 0.1) is 18.1 Å². The number of benzene rings is 2. The predicted molar refractivity (Wildman–Crippen MR) is 159 cm³/mol. The van der Waals surface area contributed by atoms with E-state index in [0.717, 1.165) is 25.7 Å². The van der Waals surface area contributed by atoms with Crippen LogP contribution in [0.1, 0.15) is 93.2 Å². The maximum absolute atomic E-state index is 13.1. The fourth-order valence-electron chi connectivity index (χ4n) is 8.10. The first-order valence-corrected chi connectivity index (χ1v) is 17.5. The third kappa shape index (κ3) is 6.85. The van der Waals surface area contributed by atoms with Gasteiger partial charge in [0, 0.05) is 18.3 Å². The van der Waals surface area contributed by atoms with Gasteiger partial charge in [-0.15, -0.1) is 0 Å². The highest BCUT2D eigenvalue weighted by Gasteiger charge is 2.58. The Morgan fingerprint density at radius 2 is 1.59 bits per heavy atom. The molecule has 4 nitrogen and oxygen atoms in total. The van der Waals surface area contributed by atoms with Crippen LogP contribution in [0.15, 0.2) is 48.5 Å². The molecule has 2 fully saturated rings. The Morgan fingerprint density at radius 3 is 2.32 bits per heavy atom. The number of ether oxygens (including phenoxy) is 1. The van der Waals surface area contributed by atoms with E-state index in [1.165, 1.54) is 16.7 Å². The molecule has 0 N–H and O–H groups in total. The van der Waals surface area contributed by atoms with Gasteiger partial charge >= 0.3 is 12.1 Å². The summed E-state index contributed by atoms with van der Waals surface area (Å²) in [5, 5.41) is 0. The number of rotatable bonds is 12. The topological polar surface area (TPSA) is 60.4 Å². The first kappa shape index (κ1) is 32.9. The van der Waals surface area contributed by atoms with E-state index in [-0.39, 0.29) is 23.5 Å². The lowest BCUT2D eigenvalue weighted by Gasteiger charge is -2.52. The first-order chi connectivity index (χ1) is 20.7. The minimum absolute atomic E-state index is 0.237.